The fourth-order valence-corrected chi connectivity index (χ4v) is 5.95. The molecule has 0 saturated carbocycles. The molecular formula is C32H40FN3O5S. The van der Waals surface area contributed by atoms with E-state index in [9.17, 15) is 22.4 Å². The number of hydrogen-bond donors (Lipinski definition) is 1. The van der Waals surface area contributed by atoms with E-state index in [-0.39, 0.29) is 23.0 Å². The zero-order valence-corrected chi connectivity index (χ0v) is 25.5. The molecule has 0 spiro atoms. The van der Waals surface area contributed by atoms with Gasteiger partial charge in [0, 0.05) is 13.1 Å². The molecule has 226 valence electrons. The van der Waals surface area contributed by atoms with Crippen molar-refractivity contribution in [2.45, 2.75) is 64.4 Å². The van der Waals surface area contributed by atoms with E-state index < -0.39 is 34.3 Å². The van der Waals surface area contributed by atoms with Crippen LogP contribution in [0.4, 0.5) is 10.1 Å². The molecule has 1 N–H and O–H groups in total. The Balaban J connectivity index is 2.03. The number of anilines is 1. The average Bonchev–Trinajstić information content (AvgIpc) is 2.97. The standard InChI is InChI=1S/C32H40FN3O5S/c1-5-8-21-34-32(38)30(6-2)35(22-25-12-10-9-11-24(25)4)31(37)23-36(27-15-13-26(33)14-16-27)42(39,40)29-19-17-28(18-20-29)41-7-3/h9-20,30H,5-8,21-23H2,1-4H3,(H,34,38)/t30-/m0/s1. The maximum absolute atomic E-state index is 14.1. The summed E-state index contributed by atoms with van der Waals surface area (Å²) in [6.45, 7) is 8.00. The van der Waals surface area contributed by atoms with Crippen LogP contribution in [0, 0.1) is 12.7 Å². The molecule has 1 atom stereocenters. The lowest BCUT2D eigenvalue weighted by Gasteiger charge is -2.33. The summed E-state index contributed by atoms with van der Waals surface area (Å²) in [4.78, 5) is 28.8. The van der Waals surface area contributed by atoms with Crippen molar-refractivity contribution in [2.75, 3.05) is 24.0 Å². The number of sulfonamides is 1. The van der Waals surface area contributed by atoms with Gasteiger partial charge in [-0.25, -0.2) is 12.8 Å². The number of benzene rings is 3. The minimum absolute atomic E-state index is 0.0575. The number of hydrogen-bond acceptors (Lipinski definition) is 5. The topological polar surface area (TPSA) is 96.0 Å². The zero-order chi connectivity index (χ0) is 30.7. The second-order valence-electron chi connectivity index (χ2n) is 9.91. The fourth-order valence-electron chi connectivity index (χ4n) is 4.53. The summed E-state index contributed by atoms with van der Waals surface area (Å²) < 4.78 is 48.1. The van der Waals surface area contributed by atoms with Gasteiger partial charge in [0.1, 0.15) is 24.2 Å². The molecule has 42 heavy (non-hydrogen) atoms. The molecule has 0 fully saturated rings. The van der Waals surface area contributed by atoms with Gasteiger partial charge < -0.3 is 15.0 Å². The fraction of sp³-hybridized carbons (Fsp3) is 0.375. The molecule has 2 amide bonds. The molecule has 0 heterocycles. The van der Waals surface area contributed by atoms with Gasteiger partial charge in [0.15, 0.2) is 0 Å². The second-order valence-corrected chi connectivity index (χ2v) is 11.8. The highest BCUT2D eigenvalue weighted by atomic mass is 32.2. The number of rotatable bonds is 15. The molecule has 3 aromatic rings. The van der Waals surface area contributed by atoms with Crippen LogP contribution in [0.15, 0.2) is 77.7 Å². The quantitative estimate of drug-likeness (QED) is 0.235. The van der Waals surface area contributed by atoms with Gasteiger partial charge in [-0.3, -0.25) is 13.9 Å². The van der Waals surface area contributed by atoms with Crippen LogP contribution < -0.4 is 14.4 Å². The summed E-state index contributed by atoms with van der Waals surface area (Å²) in [6.07, 6.45) is 2.03. The van der Waals surface area contributed by atoms with Crippen molar-refractivity contribution in [1.29, 1.82) is 0 Å². The van der Waals surface area contributed by atoms with Gasteiger partial charge in [0.2, 0.25) is 11.8 Å². The van der Waals surface area contributed by atoms with Crippen molar-refractivity contribution >= 4 is 27.5 Å². The van der Waals surface area contributed by atoms with E-state index in [1.165, 1.54) is 29.2 Å². The minimum Gasteiger partial charge on any atom is -0.494 e. The highest BCUT2D eigenvalue weighted by molar-refractivity contribution is 7.92. The van der Waals surface area contributed by atoms with E-state index in [0.29, 0.717) is 25.3 Å². The molecule has 0 aliphatic rings. The molecule has 0 radical (unpaired) electrons. The molecular weight excluding hydrogens is 557 g/mol. The van der Waals surface area contributed by atoms with Crippen molar-refractivity contribution in [1.82, 2.24) is 10.2 Å². The molecule has 3 rings (SSSR count). The van der Waals surface area contributed by atoms with Crippen LogP contribution in [0.3, 0.4) is 0 Å². The Kier molecular flexibility index (Phi) is 11.9. The predicted molar refractivity (Wildman–Crippen MR) is 162 cm³/mol. The molecule has 8 nitrogen and oxygen atoms in total. The number of ether oxygens (including phenoxy) is 1. The summed E-state index contributed by atoms with van der Waals surface area (Å²) in [7, 11) is -4.27. The summed E-state index contributed by atoms with van der Waals surface area (Å²) in [5.74, 6) is -0.894. The van der Waals surface area contributed by atoms with Crippen LogP contribution in [-0.2, 0) is 26.2 Å². The number of amides is 2. The maximum atomic E-state index is 14.1. The third kappa shape index (κ3) is 8.31. The molecule has 0 unspecified atom stereocenters. The number of carbonyl (C=O) groups is 2. The van der Waals surface area contributed by atoms with Crippen LogP contribution in [0.5, 0.6) is 5.75 Å². The Hall–Kier alpha value is -3.92. The van der Waals surface area contributed by atoms with E-state index in [4.69, 9.17) is 4.74 Å². The third-order valence-corrected chi connectivity index (χ3v) is 8.72. The van der Waals surface area contributed by atoms with Gasteiger partial charge in [0.25, 0.3) is 10.0 Å². The van der Waals surface area contributed by atoms with Crippen molar-refractivity contribution in [3.8, 4) is 5.75 Å². The third-order valence-electron chi connectivity index (χ3n) is 6.93. The SMILES string of the molecule is CCCCNC(=O)[C@H](CC)N(Cc1ccccc1C)C(=O)CN(c1ccc(F)cc1)S(=O)(=O)c1ccc(OCC)cc1. The summed E-state index contributed by atoms with van der Waals surface area (Å²) in [5.41, 5.74) is 1.90. The number of unbranched alkanes of at least 4 members (excludes halogenated alkanes) is 1. The molecule has 0 saturated heterocycles. The van der Waals surface area contributed by atoms with Crippen LogP contribution in [0.25, 0.3) is 0 Å². The minimum atomic E-state index is -4.27. The van der Waals surface area contributed by atoms with Gasteiger partial charge in [-0.05, 0) is 86.3 Å². The van der Waals surface area contributed by atoms with E-state index in [2.05, 4.69) is 5.32 Å². The number of aryl methyl sites for hydroxylation is 1. The highest BCUT2D eigenvalue weighted by Gasteiger charge is 2.33. The van der Waals surface area contributed by atoms with Crippen molar-refractivity contribution < 1.29 is 27.1 Å². The maximum Gasteiger partial charge on any atom is 0.264 e. The van der Waals surface area contributed by atoms with Gasteiger partial charge in [-0.1, -0.05) is 44.5 Å². The molecule has 0 aliphatic carbocycles. The van der Waals surface area contributed by atoms with Crippen LogP contribution >= 0.6 is 0 Å². The predicted octanol–water partition coefficient (Wildman–Crippen LogP) is 5.45. The summed E-state index contributed by atoms with van der Waals surface area (Å²) in [5, 5.41) is 2.92. The monoisotopic (exact) mass is 597 g/mol. The molecule has 0 aromatic heterocycles. The zero-order valence-electron chi connectivity index (χ0n) is 24.7. The van der Waals surface area contributed by atoms with Crippen LogP contribution in [-0.4, -0.2) is 50.9 Å². The molecule has 10 heteroatoms. The molecule has 0 aliphatic heterocycles. The van der Waals surface area contributed by atoms with Crippen molar-refractivity contribution in [3.05, 3.63) is 89.7 Å². The Labute approximate surface area is 248 Å². The van der Waals surface area contributed by atoms with Gasteiger partial charge in [-0.2, -0.15) is 0 Å². The largest absolute Gasteiger partial charge is 0.494 e. The number of carbonyl (C=O) groups excluding carboxylic acids is 2. The first kappa shape index (κ1) is 32.6. The van der Waals surface area contributed by atoms with E-state index in [1.54, 1.807) is 12.1 Å². The Morgan fingerprint density at radius 1 is 0.952 bits per heavy atom. The average molecular weight is 598 g/mol. The lowest BCUT2D eigenvalue weighted by atomic mass is 10.1. The molecule has 0 bridgehead atoms. The van der Waals surface area contributed by atoms with Crippen molar-refractivity contribution in [3.63, 3.8) is 0 Å². The van der Waals surface area contributed by atoms with Gasteiger partial charge in [-0.15, -0.1) is 0 Å². The normalized spacial score (nSPS) is 11.9. The lowest BCUT2D eigenvalue weighted by Crippen LogP contribution is -2.52. The molecule has 3 aromatic carbocycles. The summed E-state index contributed by atoms with van der Waals surface area (Å²) in [6, 6.07) is 17.5. The van der Waals surface area contributed by atoms with E-state index in [0.717, 1.165) is 40.4 Å². The second kappa shape index (κ2) is 15.3. The number of halogens is 1. The Morgan fingerprint density at radius 2 is 1.62 bits per heavy atom. The first-order valence-corrected chi connectivity index (χ1v) is 15.7. The van der Waals surface area contributed by atoms with E-state index >= 15 is 0 Å². The first-order chi connectivity index (χ1) is 20.1. The highest BCUT2D eigenvalue weighted by Crippen LogP contribution is 2.26. The number of nitrogens with one attached hydrogen (secondary N) is 1. The first-order valence-electron chi connectivity index (χ1n) is 14.2. The smallest absolute Gasteiger partial charge is 0.264 e. The lowest BCUT2D eigenvalue weighted by molar-refractivity contribution is -0.140. The number of nitrogens with zero attached hydrogens (tertiary/aromatic N) is 2. The van der Waals surface area contributed by atoms with Crippen LogP contribution in [0.1, 0.15) is 51.2 Å². The van der Waals surface area contributed by atoms with Crippen molar-refractivity contribution in [2.24, 2.45) is 0 Å². The van der Waals surface area contributed by atoms with Crippen LogP contribution in [0.2, 0.25) is 0 Å². The van der Waals surface area contributed by atoms with Gasteiger partial charge in [0.05, 0.1) is 17.2 Å². The Morgan fingerprint density at radius 3 is 2.21 bits per heavy atom. The summed E-state index contributed by atoms with van der Waals surface area (Å²) >= 11 is 0. The van der Waals surface area contributed by atoms with Gasteiger partial charge >= 0.3 is 0 Å². The van der Waals surface area contributed by atoms with E-state index in [1.807, 2.05) is 52.0 Å². The Bertz CT molecular complexity index is 1430.